The van der Waals surface area contributed by atoms with Crippen molar-refractivity contribution >= 4 is 11.8 Å². The minimum Gasteiger partial charge on any atom is -0.355 e. The van der Waals surface area contributed by atoms with E-state index in [1.807, 2.05) is 0 Å². The van der Waals surface area contributed by atoms with Gasteiger partial charge >= 0.3 is 0 Å². The second-order valence-electron chi connectivity index (χ2n) is 4.90. The van der Waals surface area contributed by atoms with Crippen LogP contribution in [0.5, 0.6) is 0 Å². The maximum Gasteiger partial charge on any atom is 0.243 e. The van der Waals surface area contributed by atoms with Gasteiger partial charge in [0.25, 0.3) is 0 Å². The van der Waals surface area contributed by atoms with Crippen LogP contribution >= 0.6 is 0 Å². The summed E-state index contributed by atoms with van der Waals surface area (Å²) in [6.07, 6.45) is 4.44. The molecule has 1 heterocycles. The average Bonchev–Trinajstić information content (AvgIpc) is 2.97. The number of rotatable bonds is 9. The zero-order chi connectivity index (χ0) is 15.5. The van der Waals surface area contributed by atoms with Gasteiger partial charge in [-0.05, 0) is 37.3 Å². The summed E-state index contributed by atoms with van der Waals surface area (Å²) in [6, 6.07) is -0.116. The van der Waals surface area contributed by atoms with Gasteiger partial charge < -0.3 is 16.0 Å². The predicted molar refractivity (Wildman–Crippen MR) is 79.4 cm³/mol. The summed E-state index contributed by atoms with van der Waals surface area (Å²) < 4.78 is 0. The molecule has 8 nitrogen and oxygen atoms in total. The standard InChI is InChI=1S/C13H22N6O2/c1-2-12(20)15-7-3-4-8-16-13(21)11-6-5-10(18-11)9-17-19-14/h2,10-11,18H,1,3-9H2,(H,15,20)(H,16,21). The van der Waals surface area contributed by atoms with Gasteiger partial charge in [0.15, 0.2) is 0 Å². The van der Waals surface area contributed by atoms with E-state index in [-0.39, 0.29) is 23.9 Å². The van der Waals surface area contributed by atoms with Crippen LogP contribution in [0.15, 0.2) is 17.8 Å². The van der Waals surface area contributed by atoms with Gasteiger partial charge in [-0.1, -0.05) is 11.7 Å². The number of nitrogens with zero attached hydrogens (tertiary/aromatic N) is 3. The average molecular weight is 294 g/mol. The topological polar surface area (TPSA) is 119 Å². The van der Waals surface area contributed by atoms with Crippen molar-refractivity contribution in [1.82, 2.24) is 16.0 Å². The van der Waals surface area contributed by atoms with Gasteiger partial charge in [0.2, 0.25) is 11.8 Å². The smallest absolute Gasteiger partial charge is 0.243 e. The Hall–Kier alpha value is -2.05. The van der Waals surface area contributed by atoms with Gasteiger partial charge in [-0.3, -0.25) is 9.59 Å². The number of hydrogen-bond donors (Lipinski definition) is 3. The molecule has 0 aromatic heterocycles. The normalized spacial score (nSPS) is 20.4. The molecule has 1 aliphatic heterocycles. The lowest BCUT2D eigenvalue weighted by atomic mass is 10.2. The first kappa shape index (κ1) is 17.0. The number of amides is 2. The summed E-state index contributed by atoms with van der Waals surface area (Å²) in [7, 11) is 0. The summed E-state index contributed by atoms with van der Waals surface area (Å²) >= 11 is 0. The number of unbranched alkanes of at least 4 members (excludes halogenated alkanes) is 1. The molecule has 0 saturated carbocycles. The Morgan fingerprint density at radius 2 is 2.05 bits per heavy atom. The van der Waals surface area contributed by atoms with Crippen molar-refractivity contribution in [2.24, 2.45) is 5.11 Å². The maximum absolute atomic E-state index is 11.9. The lowest BCUT2D eigenvalue weighted by Gasteiger charge is -2.13. The molecule has 0 aromatic carbocycles. The van der Waals surface area contributed by atoms with E-state index in [0.717, 1.165) is 25.7 Å². The Morgan fingerprint density at radius 1 is 1.33 bits per heavy atom. The van der Waals surface area contributed by atoms with E-state index < -0.39 is 0 Å². The number of carbonyl (C=O) groups excluding carboxylic acids is 2. The fraction of sp³-hybridized carbons (Fsp3) is 0.692. The van der Waals surface area contributed by atoms with E-state index in [0.29, 0.717) is 19.6 Å². The molecule has 2 unspecified atom stereocenters. The van der Waals surface area contributed by atoms with Crippen molar-refractivity contribution in [1.29, 1.82) is 0 Å². The highest BCUT2D eigenvalue weighted by atomic mass is 16.2. The molecule has 0 radical (unpaired) electrons. The van der Waals surface area contributed by atoms with Crippen LogP contribution in [0.25, 0.3) is 10.4 Å². The molecule has 0 spiro atoms. The van der Waals surface area contributed by atoms with Crippen LogP contribution in [0.2, 0.25) is 0 Å². The molecular formula is C13H22N6O2. The third-order valence-corrected chi connectivity index (χ3v) is 3.31. The van der Waals surface area contributed by atoms with Gasteiger partial charge in [-0.15, -0.1) is 0 Å². The molecule has 1 aliphatic rings. The Balaban J connectivity index is 2.07. The lowest BCUT2D eigenvalue weighted by Crippen LogP contribution is -2.43. The molecule has 1 fully saturated rings. The van der Waals surface area contributed by atoms with Crippen molar-refractivity contribution in [3.8, 4) is 0 Å². The van der Waals surface area contributed by atoms with Gasteiger partial charge in [-0.2, -0.15) is 0 Å². The number of hydrogen-bond acceptors (Lipinski definition) is 4. The van der Waals surface area contributed by atoms with Crippen LogP contribution in [0.1, 0.15) is 25.7 Å². The van der Waals surface area contributed by atoms with E-state index in [1.54, 1.807) is 0 Å². The maximum atomic E-state index is 11.9. The third-order valence-electron chi connectivity index (χ3n) is 3.31. The first-order valence-electron chi connectivity index (χ1n) is 7.12. The molecule has 116 valence electrons. The van der Waals surface area contributed by atoms with Crippen LogP contribution in [0.4, 0.5) is 0 Å². The van der Waals surface area contributed by atoms with Gasteiger partial charge in [-0.25, -0.2) is 0 Å². The molecule has 3 N–H and O–H groups in total. The number of carbonyl (C=O) groups is 2. The van der Waals surface area contributed by atoms with Gasteiger partial charge in [0.05, 0.1) is 6.04 Å². The van der Waals surface area contributed by atoms with Crippen LogP contribution in [-0.2, 0) is 9.59 Å². The molecule has 0 aliphatic carbocycles. The van der Waals surface area contributed by atoms with Crippen LogP contribution in [0, 0.1) is 0 Å². The molecule has 0 aromatic rings. The quantitative estimate of drug-likeness (QED) is 0.190. The Kier molecular flexibility index (Phi) is 7.93. The fourth-order valence-electron chi connectivity index (χ4n) is 2.17. The summed E-state index contributed by atoms with van der Waals surface area (Å²) in [5.74, 6) is -0.200. The highest BCUT2D eigenvalue weighted by Crippen LogP contribution is 2.12. The minimum atomic E-state index is -0.204. The Labute approximate surface area is 124 Å². The predicted octanol–water partition coefficient (Wildman–Crippen LogP) is 0.616. The van der Waals surface area contributed by atoms with E-state index in [1.165, 1.54) is 6.08 Å². The Bertz CT molecular complexity index is 419. The van der Waals surface area contributed by atoms with Crippen molar-refractivity contribution < 1.29 is 9.59 Å². The van der Waals surface area contributed by atoms with E-state index in [4.69, 9.17) is 5.53 Å². The SMILES string of the molecule is C=CC(=O)NCCCCNC(=O)C1CCC(CN=[N+]=[N-])N1. The van der Waals surface area contributed by atoms with Gasteiger partial charge in [0, 0.05) is 30.6 Å². The van der Waals surface area contributed by atoms with Crippen LogP contribution in [-0.4, -0.2) is 43.5 Å². The summed E-state index contributed by atoms with van der Waals surface area (Å²) in [4.78, 5) is 25.5. The second kappa shape index (κ2) is 9.79. The molecule has 8 heteroatoms. The Morgan fingerprint density at radius 3 is 2.71 bits per heavy atom. The lowest BCUT2D eigenvalue weighted by molar-refractivity contribution is -0.123. The minimum absolute atomic E-state index is 0.0198. The van der Waals surface area contributed by atoms with E-state index in [9.17, 15) is 9.59 Å². The molecule has 2 atom stereocenters. The monoisotopic (exact) mass is 294 g/mol. The highest BCUT2D eigenvalue weighted by Gasteiger charge is 2.28. The van der Waals surface area contributed by atoms with Crippen molar-refractivity contribution in [3.63, 3.8) is 0 Å². The van der Waals surface area contributed by atoms with Crippen molar-refractivity contribution in [3.05, 3.63) is 23.1 Å². The van der Waals surface area contributed by atoms with Gasteiger partial charge in [0.1, 0.15) is 0 Å². The third kappa shape index (κ3) is 6.78. The molecule has 1 saturated heterocycles. The molecular weight excluding hydrogens is 272 g/mol. The molecule has 2 amide bonds. The molecule has 1 rings (SSSR count). The van der Waals surface area contributed by atoms with Crippen LogP contribution < -0.4 is 16.0 Å². The van der Waals surface area contributed by atoms with E-state index >= 15 is 0 Å². The summed E-state index contributed by atoms with van der Waals surface area (Å²) in [6.45, 7) is 4.91. The van der Waals surface area contributed by atoms with E-state index in [2.05, 4.69) is 32.6 Å². The molecule has 21 heavy (non-hydrogen) atoms. The summed E-state index contributed by atoms with van der Waals surface area (Å²) in [5, 5.41) is 12.2. The van der Waals surface area contributed by atoms with Crippen LogP contribution in [0.3, 0.4) is 0 Å². The molecule has 0 bridgehead atoms. The number of azide groups is 1. The van der Waals surface area contributed by atoms with Crippen molar-refractivity contribution in [2.45, 2.75) is 37.8 Å². The first-order chi connectivity index (χ1) is 10.2. The van der Waals surface area contributed by atoms with Crippen molar-refractivity contribution in [2.75, 3.05) is 19.6 Å². The zero-order valence-electron chi connectivity index (χ0n) is 12.0. The largest absolute Gasteiger partial charge is 0.355 e. The zero-order valence-corrected chi connectivity index (χ0v) is 12.0. The number of nitrogens with one attached hydrogen (secondary N) is 3. The summed E-state index contributed by atoms with van der Waals surface area (Å²) in [5.41, 5.74) is 8.26. The fourth-order valence-corrected chi connectivity index (χ4v) is 2.17. The highest BCUT2D eigenvalue weighted by molar-refractivity contribution is 5.86. The second-order valence-corrected chi connectivity index (χ2v) is 4.90. The first-order valence-corrected chi connectivity index (χ1v) is 7.12.